The van der Waals surface area contributed by atoms with Gasteiger partial charge in [-0.25, -0.2) is 0 Å². The Morgan fingerprint density at radius 3 is 2.33 bits per heavy atom. The molecule has 0 bridgehead atoms. The smallest absolute Gasteiger partial charge is 0.0806 e. The third kappa shape index (κ3) is 3.76. The molecule has 0 fully saturated rings. The van der Waals surface area contributed by atoms with Crippen molar-refractivity contribution in [2.24, 2.45) is 0 Å². The Morgan fingerprint density at radius 2 is 1.67 bits per heavy atom. The summed E-state index contributed by atoms with van der Waals surface area (Å²) >= 11 is 5.81. The van der Waals surface area contributed by atoms with Gasteiger partial charge in [-0.3, -0.25) is 0 Å². The molecule has 0 radical (unpaired) electrons. The van der Waals surface area contributed by atoms with Gasteiger partial charge in [0.15, 0.2) is 0 Å². The number of aliphatic hydroxyl groups is 1. The van der Waals surface area contributed by atoms with Gasteiger partial charge in [0.2, 0.25) is 0 Å². The van der Waals surface area contributed by atoms with Crippen LogP contribution in [0.3, 0.4) is 0 Å². The third-order valence-corrected chi connectivity index (χ3v) is 3.03. The fourth-order valence-corrected chi connectivity index (χ4v) is 1.89. The maximum Gasteiger partial charge on any atom is 0.0806 e. The lowest BCUT2D eigenvalue weighted by molar-refractivity contribution is 0.171. The van der Waals surface area contributed by atoms with E-state index in [-0.39, 0.29) is 0 Å². The summed E-state index contributed by atoms with van der Waals surface area (Å²) in [4.78, 5) is 0. The molecular weight excluding hydrogens is 246 g/mol. The summed E-state index contributed by atoms with van der Waals surface area (Å²) in [6, 6.07) is 17.2. The Hall–Kier alpha value is -1.51. The first-order chi connectivity index (χ1) is 8.75. The highest BCUT2D eigenvalue weighted by Gasteiger charge is 2.05. The minimum atomic E-state index is -0.425. The molecule has 3 heteroatoms. The topological polar surface area (TPSA) is 32.3 Å². The molecule has 0 aliphatic rings. The van der Waals surface area contributed by atoms with Gasteiger partial charge in [0.05, 0.1) is 6.10 Å². The number of halogens is 1. The van der Waals surface area contributed by atoms with Crippen molar-refractivity contribution in [3.8, 4) is 0 Å². The fourth-order valence-electron chi connectivity index (χ4n) is 1.76. The summed E-state index contributed by atoms with van der Waals surface area (Å²) in [5.41, 5.74) is 1.97. The zero-order chi connectivity index (χ0) is 12.8. The molecule has 2 aromatic rings. The first-order valence-electron chi connectivity index (χ1n) is 5.98. The maximum absolute atomic E-state index is 9.98. The molecule has 1 unspecified atom stereocenters. The number of aliphatic hydroxyl groups excluding tert-OH is 1. The van der Waals surface area contributed by atoms with Crippen molar-refractivity contribution in [3.05, 3.63) is 65.2 Å². The van der Waals surface area contributed by atoms with E-state index < -0.39 is 6.10 Å². The van der Waals surface area contributed by atoms with E-state index in [1.807, 2.05) is 54.6 Å². The summed E-state index contributed by atoms with van der Waals surface area (Å²) in [5, 5.41) is 14.0. The second-order valence-corrected chi connectivity index (χ2v) is 4.59. The van der Waals surface area contributed by atoms with Crippen molar-refractivity contribution in [1.82, 2.24) is 0 Å². The first kappa shape index (κ1) is 12.9. The number of rotatable bonds is 5. The van der Waals surface area contributed by atoms with Gasteiger partial charge in [0.25, 0.3) is 0 Å². The summed E-state index contributed by atoms with van der Waals surface area (Å²) in [6.45, 7) is 0.720. The molecule has 0 amide bonds. The van der Waals surface area contributed by atoms with E-state index in [2.05, 4.69) is 5.32 Å². The molecular formula is C15H16ClNO. The van der Waals surface area contributed by atoms with Crippen LogP contribution in [0.1, 0.15) is 18.1 Å². The van der Waals surface area contributed by atoms with Crippen LogP contribution in [-0.2, 0) is 0 Å². The molecule has 18 heavy (non-hydrogen) atoms. The average molecular weight is 262 g/mol. The van der Waals surface area contributed by atoms with Gasteiger partial charge in [-0.2, -0.15) is 0 Å². The SMILES string of the molecule is OC(CCNc1ccc(Cl)cc1)c1ccccc1. The molecule has 0 aliphatic carbocycles. The lowest BCUT2D eigenvalue weighted by Gasteiger charge is -2.12. The predicted molar refractivity (Wildman–Crippen MR) is 76.0 cm³/mol. The Balaban J connectivity index is 1.80. The minimum absolute atomic E-state index is 0.425. The average Bonchev–Trinajstić information content (AvgIpc) is 2.42. The molecule has 2 aromatic carbocycles. The number of hydrogen-bond donors (Lipinski definition) is 2. The van der Waals surface area contributed by atoms with E-state index in [1.54, 1.807) is 0 Å². The molecule has 0 saturated heterocycles. The second kappa shape index (κ2) is 6.43. The molecule has 2 N–H and O–H groups in total. The monoisotopic (exact) mass is 261 g/mol. The van der Waals surface area contributed by atoms with Crippen LogP contribution in [0.2, 0.25) is 5.02 Å². The van der Waals surface area contributed by atoms with Crippen molar-refractivity contribution in [2.45, 2.75) is 12.5 Å². The van der Waals surface area contributed by atoms with Crippen molar-refractivity contribution < 1.29 is 5.11 Å². The number of anilines is 1. The van der Waals surface area contributed by atoms with Crippen molar-refractivity contribution in [3.63, 3.8) is 0 Å². The molecule has 0 heterocycles. The first-order valence-corrected chi connectivity index (χ1v) is 6.36. The summed E-state index contributed by atoms with van der Waals surface area (Å²) in [7, 11) is 0. The molecule has 0 aromatic heterocycles. The Bertz CT molecular complexity index is 470. The molecule has 2 nitrogen and oxygen atoms in total. The third-order valence-electron chi connectivity index (χ3n) is 2.78. The van der Waals surface area contributed by atoms with Gasteiger partial charge < -0.3 is 10.4 Å². The van der Waals surface area contributed by atoms with Crippen molar-refractivity contribution in [1.29, 1.82) is 0 Å². The predicted octanol–water partition coefficient (Wildman–Crippen LogP) is 3.88. The highest BCUT2D eigenvalue weighted by molar-refractivity contribution is 6.30. The molecule has 0 aliphatic heterocycles. The van der Waals surface area contributed by atoms with Crippen LogP contribution in [0.25, 0.3) is 0 Å². The van der Waals surface area contributed by atoms with Crippen LogP contribution >= 0.6 is 11.6 Å². The van der Waals surface area contributed by atoms with E-state index in [0.717, 1.165) is 22.8 Å². The summed E-state index contributed by atoms with van der Waals surface area (Å²) in [6.07, 6.45) is 0.248. The standard InChI is InChI=1S/C15H16ClNO/c16-13-6-8-14(9-7-13)17-11-10-15(18)12-4-2-1-3-5-12/h1-9,15,17-18H,10-11H2. The number of hydrogen-bond acceptors (Lipinski definition) is 2. The Kier molecular flexibility index (Phi) is 4.62. The van der Waals surface area contributed by atoms with Crippen LogP contribution in [0, 0.1) is 0 Å². The van der Waals surface area contributed by atoms with Crippen LogP contribution in [0.4, 0.5) is 5.69 Å². The number of nitrogens with one attached hydrogen (secondary N) is 1. The molecule has 1 atom stereocenters. The van der Waals surface area contributed by atoms with Crippen LogP contribution in [0.15, 0.2) is 54.6 Å². The van der Waals surface area contributed by atoms with E-state index in [0.29, 0.717) is 6.42 Å². The molecule has 0 saturated carbocycles. The lowest BCUT2D eigenvalue weighted by Crippen LogP contribution is -2.07. The van der Waals surface area contributed by atoms with Gasteiger partial charge in [0.1, 0.15) is 0 Å². The Morgan fingerprint density at radius 1 is 1.00 bits per heavy atom. The summed E-state index contributed by atoms with van der Waals surface area (Å²) < 4.78 is 0. The van der Waals surface area contributed by atoms with Gasteiger partial charge in [-0.05, 0) is 36.2 Å². The van der Waals surface area contributed by atoms with E-state index in [1.165, 1.54) is 0 Å². The van der Waals surface area contributed by atoms with Crippen molar-refractivity contribution in [2.75, 3.05) is 11.9 Å². The molecule has 0 spiro atoms. The minimum Gasteiger partial charge on any atom is -0.388 e. The number of benzene rings is 2. The fraction of sp³-hybridized carbons (Fsp3) is 0.200. The normalized spacial score (nSPS) is 12.1. The van der Waals surface area contributed by atoms with Crippen LogP contribution in [-0.4, -0.2) is 11.7 Å². The van der Waals surface area contributed by atoms with Crippen LogP contribution in [0.5, 0.6) is 0 Å². The zero-order valence-corrected chi connectivity index (χ0v) is 10.8. The van der Waals surface area contributed by atoms with E-state index >= 15 is 0 Å². The highest BCUT2D eigenvalue weighted by Crippen LogP contribution is 2.17. The van der Waals surface area contributed by atoms with Gasteiger partial charge >= 0.3 is 0 Å². The summed E-state index contributed by atoms with van der Waals surface area (Å²) in [5.74, 6) is 0. The van der Waals surface area contributed by atoms with Gasteiger partial charge in [-0.15, -0.1) is 0 Å². The lowest BCUT2D eigenvalue weighted by atomic mass is 10.1. The quantitative estimate of drug-likeness (QED) is 0.856. The van der Waals surface area contributed by atoms with Gasteiger partial charge in [0, 0.05) is 17.3 Å². The molecule has 2 rings (SSSR count). The zero-order valence-electron chi connectivity index (χ0n) is 10.0. The largest absolute Gasteiger partial charge is 0.388 e. The van der Waals surface area contributed by atoms with Crippen LogP contribution < -0.4 is 5.32 Å². The maximum atomic E-state index is 9.98. The Labute approximate surface area is 112 Å². The van der Waals surface area contributed by atoms with Crippen molar-refractivity contribution >= 4 is 17.3 Å². The van der Waals surface area contributed by atoms with E-state index in [4.69, 9.17) is 11.6 Å². The highest BCUT2D eigenvalue weighted by atomic mass is 35.5. The molecule has 94 valence electrons. The second-order valence-electron chi connectivity index (χ2n) is 4.15. The van der Waals surface area contributed by atoms with E-state index in [9.17, 15) is 5.11 Å². The van der Waals surface area contributed by atoms with Gasteiger partial charge in [-0.1, -0.05) is 41.9 Å².